The van der Waals surface area contributed by atoms with E-state index in [0.717, 1.165) is 12.8 Å². The predicted octanol–water partition coefficient (Wildman–Crippen LogP) is 1.14. The summed E-state index contributed by atoms with van der Waals surface area (Å²) in [5.41, 5.74) is 1.17. The monoisotopic (exact) mass is 294 g/mol. The van der Waals surface area contributed by atoms with Crippen LogP contribution in [0.25, 0.3) is 0 Å². The molecule has 1 aromatic carbocycles. The Balaban J connectivity index is 1.90. The summed E-state index contributed by atoms with van der Waals surface area (Å²) in [5, 5.41) is 3.27. The summed E-state index contributed by atoms with van der Waals surface area (Å²) in [6.07, 6.45) is 3.21. The van der Waals surface area contributed by atoms with Crippen molar-refractivity contribution in [3.8, 4) is 0 Å². The van der Waals surface area contributed by atoms with E-state index in [-0.39, 0.29) is 18.0 Å². The van der Waals surface area contributed by atoms with Gasteiger partial charge in [0.2, 0.25) is 5.91 Å². The summed E-state index contributed by atoms with van der Waals surface area (Å²) in [5.74, 6) is 0.803. The van der Waals surface area contributed by atoms with Gasteiger partial charge in [-0.05, 0) is 25.3 Å². The molecule has 1 heterocycles. The number of nitrogens with zero attached hydrogens (tertiary/aromatic N) is 1. The molecule has 3 unspecified atom stereocenters. The molecule has 5 heteroatoms. The summed E-state index contributed by atoms with van der Waals surface area (Å²) >= 11 is 0. The first-order valence-corrected chi connectivity index (χ1v) is 8.68. The van der Waals surface area contributed by atoms with E-state index in [1.165, 1.54) is 5.56 Å². The van der Waals surface area contributed by atoms with Crippen LogP contribution >= 0.6 is 0 Å². The smallest absolute Gasteiger partial charge is 0.241 e. The van der Waals surface area contributed by atoms with E-state index in [2.05, 4.69) is 5.32 Å². The van der Waals surface area contributed by atoms with Gasteiger partial charge in [0.1, 0.15) is 0 Å². The van der Waals surface area contributed by atoms with Crippen molar-refractivity contribution < 1.29 is 9.00 Å². The molecule has 20 heavy (non-hydrogen) atoms. The van der Waals surface area contributed by atoms with Gasteiger partial charge in [0, 0.05) is 28.9 Å². The second-order valence-electron chi connectivity index (χ2n) is 5.33. The molecule has 1 saturated heterocycles. The lowest BCUT2D eigenvalue weighted by Gasteiger charge is -2.23. The van der Waals surface area contributed by atoms with Crippen LogP contribution in [-0.2, 0) is 22.0 Å². The van der Waals surface area contributed by atoms with Crippen LogP contribution in [0.2, 0.25) is 0 Å². The Labute approximate surface area is 123 Å². The van der Waals surface area contributed by atoms with Crippen LogP contribution in [0, 0.1) is 0 Å². The third-order valence-corrected chi connectivity index (χ3v) is 4.54. The van der Waals surface area contributed by atoms with Crippen LogP contribution in [0.3, 0.4) is 0 Å². The number of nitrogens with one attached hydrogen (secondary N) is 1. The summed E-state index contributed by atoms with van der Waals surface area (Å²) in [7, 11) is -0.796. The Morgan fingerprint density at radius 1 is 1.40 bits per heavy atom. The molecule has 0 spiro atoms. The number of benzene rings is 1. The van der Waals surface area contributed by atoms with E-state index in [4.69, 9.17) is 0 Å². The normalized spacial score (nSPS) is 22.0. The maximum absolute atomic E-state index is 12.4. The lowest BCUT2D eigenvalue weighted by atomic mass is 10.1. The maximum atomic E-state index is 12.4. The van der Waals surface area contributed by atoms with Crippen molar-refractivity contribution in [2.24, 2.45) is 0 Å². The summed E-state index contributed by atoms with van der Waals surface area (Å²) in [6, 6.07) is 10.1. The van der Waals surface area contributed by atoms with Gasteiger partial charge in [0.15, 0.2) is 0 Å². The molecular weight excluding hydrogens is 272 g/mol. The number of carbonyl (C=O) groups is 1. The van der Waals surface area contributed by atoms with Crippen molar-refractivity contribution in [3.05, 3.63) is 35.9 Å². The molecule has 0 aromatic heterocycles. The molecule has 1 N–H and O–H groups in total. The molecule has 0 radical (unpaired) electrons. The number of amides is 1. The highest BCUT2D eigenvalue weighted by Gasteiger charge is 2.33. The first kappa shape index (κ1) is 15.2. The Morgan fingerprint density at radius 2 is 2.10 bits per heavy atom. The third-order valence-electron chi connectivity index (χ3n) is 3.73. The van der Waals surface area contributed by atoms with Gasteiger partial charge in [-0.2, -0.15) is 0 Å². The lowest BCUT2D eigenvalue weighted by molar-refractivity contribution is -0.130. The molecule has 2 rings (SSSR count). The fourth-order valence-electron chi connectivity index (χ4n) is 2.45. The van der Waals surface area contributed by atoms with Crippen LogP contribution in [-0.4, -0.2) is 45.8 Å². The zero-order valence-corrected chi connectivity index (χ0v) is 12.9. The molecule has 1 amide bonds. The van der Waals surface area contributed by atoms with E-state index in [9.17, 15) is 9.00 Å². The molecule has 0 bridgehead atoms. The minimum absolute atomic E-state index is 0.132. The van der Waals surface area contributed by atoms with Gasteiger partial charge >= 0.3 is 0 Å². The molecule has 0 aliphatic carbocycles. The van der Waals surface area contributed by atoms with E-state index in [1.807, 2.05) is 42.2 Å². The summed E-state index contributed by atoms with van der Waals surface area (Å²) in [4.78, 5) is 14.2. The quantitative estimate of drug-likeness (QED) is 0.856. The number of hydrogen-bond donors (Lipinski definition) is 1. The zero-order valence-electron chi connectivity index (χ0n) is 12.0. The Bertz CT molecular complexity index is 478. The first-order chi connectivity index (χ1) is 9.58. The van der Waals surface area contributed by atoms with Crippen LogP contribution in [0.1, 0.15) is 18.9 Å². The van der Waals surface area contributed by atoms with Gasteiger partial charge in [-0.1, -0.05) is 30.3 Å². The molecule has 1 aliphatic heterocycles. The van der Waals surface area contributed by atoms with Crippen LogP contribution in [0.5, 0.6) is 0 Å². The molecular formula is C15H22N2O2S. The van der Waals surface area contributed by atoms with E-state index in [0.29, 0.717) is 12.4 Å². The number of rotatable bonds is 6. The van der Waals surface area contributed by atoms with Crippen molar-refractivity contribution in [1.82, 2.24) is 10.2 Å². The summed E-state index contributed by atoms with van der Waals surface area (Å²) in [6.45, 7) is 2.62. The lowest BCUT2D eigenvalue weighted by Crippen LogP contribution is -2.38. The SMILES string of the molecule is CC(CCS(C)=O)N1CNC(Cc2ccccc2)C1=O. The zero-order chi connectivity index (χ0) is 14.5. The van der Waals surface area contributed by atoms with Gasteiger partial charge in [-0.3, -0.25) is 14.3 Å². The highest BCUT2D eigenvalue weighted by atomic mass is 32.2. The highest BCUT2D eigenvalue weighted by molar-refractivity contribution is 7.84. The number of hydrogen-bond acceptors (Lipinski definition) is 3. The van der Waals surface area contributed by atoms with Crippen molar-refractivity contribution in [2.75, 3.05) is 18.7 Å². The molecule has 0 saturated carbocycles. The fraction of sp³-hybridized carbons (Fsp3) is 0.533. The second-order valence-corrected chi connectivity index (χ2v) is 6.88. The average Bonchev–Trinajstić information content (AvgIpc) is 2.79. The van der Waals surface area contributed by atoms with Crippen molar-refractivity contribution in [3.63, 3.8) is 0 Å². The predicted molar refractivity (Wildman–Crippen MR) is 81.8 cm³/mol. The third kappa shape index (κ3) is 3.90. The van der Waals surface area contributed by atoms with Crippen LogP contribution < -0.4 is 5.32 Å². The van der Waals surface area contributed by atoms with Crippen molar-refractivity contribution in [1.29, 1.82) is 0 Å². The molecule has 1 aromatic rings. The Hall–Kier alpha value is -1.20. The van der Waals surface area contributed by atoms with Crippen LogP contribution in [0.15, 0.2) is 30.3 Å². The molecule has 110 valence electrons. The van der Waals surface area contributed by atoms with Gasteiger partial charge in [0.05, 0.1) is 12.7 Å². The minimum Gasteiger partial charge on any atom is -0.326 e. The molecule has 1 aliphatic rings. The van der Waals surface area contributed by atoms with Gasteiger partial charge in [-0.25, -0.2) is 0 Å². The van der Waals surface area contributed by atoms with Crippen LogP contribution in [0.4, 0.5) is 0 Å². The maximum Gasteiger partial charge on any atom is 0.241 e. The first-order valence-electron chi connectivity index (χ1n) is 6.95. The van der Waals surface area contributed by atoms with Crippen molar-refractivity contribution >= 4 is 16.7 Å². The molecule has 4 nitrogen and oxygen atoms in total. The number of carbonyl (C=O) groups excluding carboxylic acids is 1. The highest BCUT2D eigenvalue weighted by Crippen LogP contribution is 2.14. The van der Waals surface area contributed by atoms with E-state index in [1.54, 1.807) is 6.26 Å². The molecule has 3 atom stereocenters. The van der Waals surface area contributed by atoms with Gasteiger partial charge in [0.25, 0.3) is 0 Å². The average molecular weight is 294 g/mol. The van der Waals surface area contributed by atoms with Gasteiger partial charge < -0.3 is 4.90 Å². The Morgan fingerprint density at radius 3 is 2.75 bits per heavy atom. The fourth-order valence-corrected chi connectivity index (χ4v) is 3.12. The summed E-state index contributed by atoms with van der Waals surface area (Å²) < 4.78 is 11.1. The molecule has 1 fully saturated rings. The van der Waals surface area contributed by atoms with E-state index < -0.39 is 10.8 Å². The minimum atomic E-state index is -0.796. The standard InChI is InChI=1S/C15H22N2O2S/c1-12(8-9-20(2)19)17-11-16-14(15(17)18)10-13-6-4-3-5-7-13/h3-7,12,14,16H,8-11H2,1-2H3. The largest absolute Gasteiger partial charge is 0.326 e. The topological polar surface area (TPSA) is 49.4 Å². The van der Waals surface area contributed by atoms with Crippen molar-refractivity contribution in [2.45, 2.75) is 31.8 Å². The Kier molecular flexibility index (Phi) is 5.31. The second kappa shape index (κ2) is 6.99. The van der Waals surface area contributed by atoms with Gasteiger partial charge in [-0.15, -0.1) is 0 Å². The van der Waals surface area contributed by atoms with E-state index >= 15 is 0 Å².